The first-order chi connectivity index (χ1) is 35.5. The van der Waals surface area contributed by atoms with Gasteiger partial charge in [0.25, 0.3) is 21.6 Å². The van der Waals surface area contributed by atoms with Gasteiger partial charge in [0, 0.05) is 61.2 Å². The topological polar surface area (TPSA) is 196 Å². The summed E-state index contributed by atoms with van der Waals surface area (Å²) in [7, 11) is -4.63. The van der Waals surface area contributed by atoms with Crippen molar-refractivity contribution in [2.75, 3.05) is 48.0 Å². The molecule has 17 heteroatoms. The number of H-pyrrole nitrogens is 1. The lowest BCUT2D eigenvalue weighted by molar-refractivity contribution is -0.384. The molecule has 16 nitrogen and oxygen atoms in total. The Labute approximate surface area is 434 Å². The summed E-state index contributed by atoms with van der Waals surface area (Å²) >= 11 is 0. The Hall–Kier alpha value is -5.75. The van der Waals surface area contributed by atoms with E-state index in [1.165, 1.54) is 48.9 Å². The molecular weight excluding hydrogens is 957 g/mol. The number of amides is 1. The second-order valence-electron chi connectivity index (χ2n) is 23.0. The molecule has 3 saturated heterocycles. The number of anilines is 4. The van der Waals surface area contributed by atoms with Gasteiger partial charge in [-0.15, -0.1) is 0 Å². The zero-order valence-electron chi connectivity index (χ0n) is 43.4. The number of piperidine rings is 2. The third-order valence-corrected chi connectivity index (χ3v) is 19.4. The van der Waals surface area contributed by atoms with Gasteiger partial charge in [-0.1, -0.05) is 51.5 Å². The molecule has 2 saturated carbocycles. The Morgan fingerprint density at radius 3 is 2.54 bits per heavy atom. The van der Waals surface area contributed by atoms with Crippen LogP contribution in [-0.2, 0) is 14.8 Å². The van der Waals surface area contributed by atoms with Gasteiger partial charge in [-0.3, -0.25) is 19.8 Å². The fraction of sp³-hybridized carbons (Fsp3) is 0.544. The van der Waals surface area contributed by atoms with Crippen LogP contribution in [0.2, 0.25) is 0 Å². The number of aromatic nitrogens is 2. The molecule has 5 aromatic rings. The van der Waals surface area contributed by atoms with Crippen molar-refractivity contribution >= 4 is 55.4 Å². The molecule has 0 unspecified atom stereocenters. The van der Waals surface area contributed by atoms with Gasteiger partial charge in [-0.05, 0) is 161 Å². The van der Waals surface area contributed by atoms with E-state index in [0.29, 0.717) is 85.8 Å². The minimum atomic E-state index is -4.63. The average Bonchev–Trinajstić information content (AvgIpc) is 3.86. The summed E-state index contributed by atoms with van der Waals surface area (Å²) in [6, 6.07) is 23.2. The lowest BCUT2D eigenvalue weighted by Crippen LogP contribution is -2.63. The number of fused-ring (bicyclic) bond motifs is 3. The van der Waals surface area contributed by atoms with Crippen molar-refractivity contribution < 1.29 is 32.7 Å². The van der Waals surface area contributed by atoms with Gasteiger partial charge < -0.3 is 34.7 Å². The molecule has 3 aromatic carbocycles. The van der Waals surface area contributed by atoms with Gasteiger partial charge in [0.1, 0.15) is 23.1 Å². The molecule has 394 valence electrons. The molecule has 0 bridgehead atoms. The number of sulfonamides is 1. The van der Waals surface area contributed by atoms with E-state index in [-0.39, 0.29) is 34.7 Å². The molecule has 5 fully saturated rings. The van der Waals surface area contributed by atoms with Crippen LogP contribution in [0.25, 0.3) is 11.0 Å². The molecule has 4 aliphatic heterocycles. The van der Waals surface area contributed by atoms with Crippen LogP contribution in [-0.4, -0.2) is 102 Å². The summed E-state index contributed by atoms with van der Waals surface area (Å²) in [5, 5.41) is 26.8. The summed E-state index contributed by atoms with van der Waals surface area (Å²) in [5.74, 6) is 0.705. The maximum absolute atomic E-state index is 14.8. The number of aromatic amines is 1. The van der Waals surface area contributed by atoms with Crippen LogP contribution in [0.1, 0.15) is 139 Å². The highest BCUT2D eigenvalue weighted by Gasteiger charge is 2.56. The number of nitro groups is 1. The number of hydrogen-bond acceptors (Lipinski definition) is 13. The largest absolute Gasteiger partial charge is 0.468 e. The van der Waals surface area contributed by atoms with E-state index in [1.54, 1.807) is 6.07 Å². The van der Waals surface area contributed by atoms with Crippen molar-refractivity contribution in [3.63, 3.8) is 0 Å². The van der Waals surface area contributed by atoms with Gasteiger partial charge in [0.05, 0.1) is 39.3 Å². The van der Waals surface area contributed by atoms with Crippen molar-refractivity contribution in [3.05, 3.63) is 106 Å². The maximum atomic E-state index is 14.8. The van der Waals surface area contributed by atoms with E-state index in [0.717, 1.165) is 55.9 Å². The van der Waals surface area contributed by atoms with Gasteiger partial charge >= 0.3 is 0 Å². The highest BCUT2D eigenvalue weighted by molar-refractivity contribution is 7.90. The van der Waals surface area contributed by atoms with E-state index in [4.69, 9.17) is 14.5 Å². The molecule has 1 amide bonds. The Morgan fingerprint density at radius 1 is 0.959 bits per heavy atom. The number of ether oxygens (including phenoxy) is 2. The summed E-state index contributed by atoms with van der Waals surface area (Å²) in [6.07, 6.45) is 11.7. The maximum Gasteiger partial charge on any atom is 0.293 e. The third kappa shape index (κ3) is 9.40. The number of rotatable bonds is 12. The fourth-order valence-electron chi connectivity index (χ4n) is 13.8. The predicted octanol–water partition coefficient (Wildman–Crippen LogP) is 10.4. The highest BCUT2D eigenvalue weighted by Crippen LogP contribution is 2.59. The molecule has 7 atom stereocenters. The van der Waals surface area contributed by atoms with E-state index in [1.807, 2.05) is 37.4 Å². The molecule has 6 aliphatic rings. The fourth-order valence-corrected chi connectivity index (χ4v) is 14.8. The first kappa shape index (κ1) is 50.4. The van der Waals surface area contributed by atoms with Gasteiger partial charge in [0.2, 0.25) is 5.88 Å². The van der Waals surface area contributed by atoms with Gasteiger partial charge in [-0.25, -0.2) is 13.1 Å². The number of carbonyl (C=O) groups is 1. The van der Waals surface area contributed by atoms with Crippen LogP contribution in [0.5, 0.6) is 5.88 Å². The van der Waals surface area contributed by atoms with Crippen LogP contribution in [0, 0.1) is 27.4 Å². The molecule has 0 radical (unpaired) electrons. The molecule has 2 aliphatic carbocycles. The molecular formula is C57H72N8O8S. The highest BCUT2D eigenvalue weighted by atomic mass is 32.2. The first-order valence-electron chi connectivity index (χ1n) is 27.1. The van der Waals surface area contributed by atoms with Gasteiger partial charge in [0.15, 0.2) is 0 Å². The zero-order valence-corrected chi connectivity index (χ0v) is 44.2. The standard InChI is InChI=1S/C57H72N8O8S/c1-35(2)42-10-6-7-11-43(42)46-12-8-9-25-63(46)51-32-57(37(51)4)23-26-62(36(3)31-57)40-13-15-44(48(29-40)64-47-20-27-72-34-52(47)73-55-50(64)28-39-19-24-58-53(39)60-55)54(66)61-74(70,71)41-14-16-45(49(30-41)65(68)69)59-33-38-17-21-56(5,67)22-18-38/h6-7,10-11,13-16,19,24,28-30,35-38,46-47,51-52,59,67H,8-9,12,17-18,20-23,25-27,31-34H2,1-5H3,(H,58,60)(H,61,66)/t36-,37-,38-,46+,47-,51+,52-,56-,57-/m0/s1. The van der Waals surface area contributed by atoms with Crippen LogP contribution >= 0.6 is 0 Å². The number of carbonyl (C=O) groups excluding carboxylic acids is 1. The summed E-state index contributed by atoms with van der Waals surface area (Å²) in [5.41, 5.74) is 5.08. The monoisotopic (exact) mass is 1030 g/mol. The first-order valence-corrected chi connectivity index (χ1v) is 28.6. The van der Waals surface area contributed by atoms with Crippen LogP contribution in [0.4, 0.5) is 28.4 Å². The Kier molecular flexibility index (Phi) is 13.5. The van der Waals surface area contributed by atoms with Crippen LogP contribution in [0.3, 0.4) is 0 Å². The predicted molar refractivity (Wildman–Crippen MR) is 287 cm³/mol. The summed E-state index contributed by atoms with van der Waals surface area (Å²) < 4.78 is 43.3. The molecule has 1 spiro atoms. The molecule has 6 heterocycles. The zero-order chi connectivity index (χ0) is 51.7. The van der Waals surface area contributed by atoms with E-state index in [2.05, 4.69) is 81.7 Å². The number of nitrogens with zero attached hydrogens (tertiary/aromatic N) is 5. The molecule has 11 rings (SSSR count). The van der Waals surface area contributed by atoms with Crippen molar-refractivity contribution in [2.45, 2.75) is 152 Å². The van der Waals surface area contributed by atoms with Crippen molar-refractivity contribution in [1.29, 1.82) is 0 Å². The third-order valence-electron chi connectivity index (χ3n) is 18.1. The van der Waals surface area contributed by atoms with Crippen LogP contribution < -0.4 is 24.6 Å². The Bertz CT molecular complexity index is 3040. The smallest absolute Gasteiger partial charge is 0.293 e. The van der Waals surface area contributed by atoms with Crippen LogP contribution in [0.15, 0.2) is 83.9 Å². The lowest BCUT2D eigenvalue weighted by atomic mass is 9.51. The van der Waals surface area contributed by atoms with E-state index in [9.17, 15) is 28.4 Å². The van der Waals surface area contributed by atoms with E-state index >= 15 is 0 Å². The number of aliphatic hydroxyl groups is 1. The van der Waals surface area contributed by atoms with Gasteiger partial charge in [-0.2, -0.15) is 4.98 Å². The normalized spacial score (nSPS) is 29.3. The van der Waals surface area contributed by atoms with Crippen molar-refractivity contribution in [3.8, 4) is 5.88 Å². The molecule has 4 N–H and O–H groups in total. The molecule has 2 aromatic heterocycles. The van der Waals surface area contributed by atoms with Crippen molar-refractivity contribution in [1.82, 2.24) is 19.6 Å². The number of nitro benzene ring substituents is 1. The quantitative estimate of drug-likeness (QED) is 0.0681. The Balaban J connectivity index is 0.886. The Morgan fingerprint density at radius 2 is 1.77 bits per heavy atom. The number of pyridine rings is 1. The minimum Gasteiger partial charge on any atom is -0.468 e. The second kappa shape index (κ2) is 19.7. The summed E-state index contributed by atoms with van der Waals surface area (Å²) in [6.45, 7) is 14.4. The minimum absolute atomic E-state index is 0.121. The second-order valence-corrected chi connectivity index (χ2v) is 24.7. The number of nitrogens with one attached hydrogen (secondary N) is 3. The SMILES string of the molecule is CC(C)c1ccccc1[C@H]1CCCCN1[C@@H]1C[C@@]2(CCN(c3ccc(C(=O)NS(=O)(=O)c4ccc(NC[C@H]5CC[C@](C)(O)CC5)c([N+](=O)[O-])c4)c(N4c5cc6cc[nH]c6nc5O[C@H]5COCC[C@@H]54)c3)[C@@H](C)C2)[C@H]1C. The number of hydrogen-bond donors (Lipinski definition) is 4. The number of benzene rings is 3. The number of likely N-dealkylation sites (tertiary alicyclic amines) is 1. The van der Waals surface area contributed by atoms with E-state index < -0.39 is 43.1 Å². The average molecular weight is 1030 g/mol. The van der Waals surface area contributed by atoms with Crippen molar-refractivity contribution in [2.24, 2.45) is 17.3 Å². The lowest BCUT2D eigenvalue weighted by Gasteiger charge is -2.63. The molecule has 74 heavy (non-hydrogen) atoms. The summed E-state index contributed by atoms with van der Waals surface area (Å²) in [4.78, 5) is 41.7.